The molecule has 0 aromatic heterocycles. The molecule has 21 heavy (non-hydrogen) atoms. The van der Waals surface area contributed by atoms with Gasteiger partial charge in [-0.05, 0) is 12.8 Å². The number of ether oxygens (including phenoxy) is 3. The zero-order chi connectivity index (χ0) is 15.8. The minimum Gasteiger partial charge on any atom is -0.463 e. The van der Waals surface area contributed by atoms with E-state index in [1.54, 1.807) is 0 Å². The molecule has 0 aromatic carbocycles. The van der Waals surface area contributed by atoms with Crippen molar-refractivity contribution in [1.82, 2.24) is 0 Å². The summed E-state index contributed by atoms with van der Waals surface area (Å²) in [5.41, 5.74) is 0. The number of ketones is 1. The van der Waals surface area contributed by atoms with Crippen LogP contribution in [0.3, 0.4) is 0 Å². The predicted octanol–water partition coefficient (Wildman–Crippen LogP) is 2.90. The van der Waals surface area contributed by atoms with E-state index in [-0.39, 0.29) is 18.4 Å². The van der Waals surface area contributed by atoms with Crippen LogP contribution in [0.5, 0.6) is 0 Å². The molecule has 0 rings (SSSR count). The highest BCUT2D eigenvalue weighted by molar-refractivity contribution is 5.78. The Bertz CT molecular complexity index is 239. The lowest BCUT2D eigenvalue weighted by molar-refractivity contribution is -0.145. The average molecular weight is 302 g/mol. The number of unbranched alkanes of at least 4 members (excludes halogenated alkanes) is 2. The summed E-state index contributed by atoms with van der Waals surface area (Å²) in [7, 11) is 0. The molecule has 0 saturated carbocycles. The van der Waals surface area contributed by atoms with Crippen molar-refractivity contribution in [2.24, 2.45) is 0 Å². The number of carbonyl (C=O) groups excluding carboxylic acids is 2. The fourth-order valence-electron chi connectivity index (χ4n) is 1.61. The van der Waals surface area contributed by atoms with Crippen molar-refractivity contribution < 1.29 is 23.8 Å². The van der Waals surface area contributed by atoms with E-state index in [4.69, 9.17) is 14.2 Å². The van der Waals surface area contributed by atoms with Crippen LogP contribution in [-0.4, -0.2) is 44.8 Å². The third-order valence-corrected chi connectivity index (χ3v) is 2.93. The Hall–Kier alpha value is -0.940. The second kappa shape index (κ2) is 15.4. The average Bonchev–Trinajstić information content (AvgIpc) is 2.49. The first kappa shape index (κ1) is 20.1. The molecule has 0 unspecified atom stereocenters. The van der Waals surface area contributed by atoms with Gasteiger partial charge in [-0.2, -0.15) is 0 Å². The summed E-state index contributed by atoms with van der Waals surface area (Å²) in [5.74, 6) is 0.0963. The van der Waals surface area contributed by atoms with Crippen molar-refractivity contribution in [3.05, 3.63) is 0 Å². The maximum atomic E-state index is 11.4. The van der Waals surface area contributed by atoms with Crippen LogP contribution in [0, 0.1) is 0 Å². The van der Waals surface area contributed by atoms with Crippen LogP contribution in [0.4, 0.5) is 0 Å². The molecule has 0 fully saturated rings. The van der Waals surface area contributed by atoms with E-state index in [0.717, 1.165) is 25.7 Å². The van der Waals surface area contributed by atoms with Crippen LogP contribution in [0.2, 0.25) is 0 Å². The Kier molecular flexibility index (Phi) is 14.8. The highest BCUT2D eigenvalue weighted by Gasteiger charge is 2.02. The quantitative estimate of drug-likeness (QED) is 0.344. The van der Waals surface area contributed by atoms with Gasteiger partial charge in [0.25, 0.3) is 0 Å². The van der Waals surface area contributed by atoms with Crippen molar-refractivity contribution in [2.45, 2.75) is 58.8 Å². The van der Waals surface area contributed by atoms with Crippen molar-refractivity contribution in [1.29, 1.82) is 0 Å². The third-order valence-electron chi connectivity index (χ3n) is 2.93. The maximum Gasteiger partial charge on any atom is 0.305 e. The number of esters is 1. The molecule has 0 bridgehead atoms. The fraction of sp³-hybridized carbons (Fsp3) is 0.875. The van der Waals surface area contributed by atoms with Gasteiger partial charge in [-0.1, -0.05) is 26.7 Å². The van der Waals surface area contributed by atoms with Crippen molar-refractivity contribution in [3.63, 3.8) is 0 Å². The number of carbonyl (C=O) groups is 2. The van der Waals surface area contributed by atoms with Gasteiger partial charge in [0.2, 0.25) is 0 Å². The van der Waals surface area contributed by atoms with E-state index in [0.29, 0.717) is 45.7 Å². The molecule has 5 nitrogen and oxygen atoms in total. The molecular formula is C16H30O5. The Morgan fingerprint density at radius 3 is 1.95 bits per heavy atom. The van der Waals surface area contributed by atoms with E-state index in [1.165, 1.54) is 0 Å². The first-order valence-corrected chi connectivity index (χ1v) is 8.03. The number of rotatable bonds is 15. The van der Waals surface area contributed by atoms with E-state index in [1.807, 2.05) is 6.92 Å². The summed E-state index contributed by atoms with van der Waals surface area (Å²) in [6, 6.07) is 0. The van der Waals surface area contributed by atoms with Gasteiger partial charge in [0.15, 0.2) is 0 Å². The summed E-state index contributed by atoms with van der Waals surface area (Å²) in [5, 5.41) is 0. The number of hydrogen-bond donors (Lipinski definition) is 0. The van der Waals surface area contributed by atoms with Crippen LogP contribution in [-0.2, 0) is 23.8 Å². The molecule has 0 aromatic rings. The number of hydrogen-bond acceptors (Lipinski definition) is 5. The molecule has 0 N–H and O–H groups in total. The van der Waals surface area contributed by atoms with Gasteiger partial charge in [0, 0.05) is 19.3 Å². The second-order valence-corrected chi connectivity index (χ2v) is 4.94. The van der Waals surface area contributed by atoms with Crippen molar-refractivity contribution >= 4 is 11.8 Å². The molecule has 0 aliphatic carbocycles. The summed E-state index contributed by atoms with van der Waals surface area (Å²) >= 11 is 0. The molecule has 0 heterocycles. The van der Waals surface area contributed by atoms with Crippen molar-refractivity contribution in [2.75, 3.05) is 33.0 Å². The first-order valence-electron chi connectivity index (χ1n) is 8.03. The third kappa shape index (κ3) is 15.3. The van der Waals surface area contributed by atoms with Gasteiger partial charge in [0.1, 0.15) is 12.4 Å². The first-order chi connectivity index (χ1) is 10.2. The van der Waals surface area contributed by atoms with Crippen LogP contribution in [0.1, 0.15) is 58.8 Å². The molecule has 0 radical (unpaired) electrons. The van der Waals surface area contributed by atoms with Gasteiger partial charge in [-0.25, -0.2) is 0 Å². The number of Topliss-reactive ketones (excluding diaryl/α,β-unsaturated/α-hetero) is 1. The minimum absolute atomic E-state index is 0.165. The molecule has 0 saturated heterocycles. The van der Waals surface area contributed by atoms with Crippen LogP contribution in [0.25, 0.3) is 0 Å². The topological polar surface area (TPSA) is 61.8 Å². The second-order valence-electron chi connectivity index (χ2n) is 4.94. The standard InChI is InChI=1S/C16H30O5/c1-3-5-7-15(17)9-10-19-11-12-20-13-14-21-16(18)8-6-4-2/h3-14H2,1-2H3. The summed E-state index contributed by atoms with van der Waals surface area (Å²) in [4.78, 5) is 22.5. The molecule has 5 heteroatoms. The van der Waals surface area contributed by atoms with Crippen LogP contribution in [0.15, 0.2) is 0 Å². The SMILES string of the molecule is CCCCC(=O)CCOCCOCCOC(=O)CCCC. The van der Waals surface area contributed by atoms with Crippen LogP contribution >= 0.6 is 0 Å². The highest BCUT2D eigenvalue weighted by atomic mass is 16.6. The smallest absolute Gasteiger partial charge is 0.305 e. The lowest BCUT2D eigenvalue weighted by Crippen LogP contribution is -2.13. The summed E-state index contributed by atoms with van der Waals surface area (Å²) < 4.78 is 15.6. The Balaban J connectivity index is 3.19. The van der Waals surface area contributed by atoms with E-state index < -0.39 is 0 Å². The summed E-state index contributed by atoms with van der Waals surface area (Å²) in [6.45, 7) is 6.16. The van der Waals surface area contributed by atoms with Gasteiger partial charge < -0.3 is 14.2 Å². The van der Waals surface area contributed by atoms with Gasteiger partial charge in [-0.3, -0.25) is 9.59 Å². The molecule has 124 valence electrons. The lowest BCUT2D eigenvalue weighted by atomic mass is 10.1. The highest BCUT2D eigenvalue weighted by Crippen LogP contribution is 1.99. The van der Waals surface area contributed by atoms with Gasteiger partial charge >= 0.3 is 5.97 Å². The summed E-state index contributed by atoms with van der Waals surface area (Å²) in [6.07, 6.45) is 5.47. The Morgan fingerprint density at radius 1 is 0.714 bits per heavy atom. The molecule has 0 aliphatic rings. The normalized spacial score (nSPS) is 10.6. The largest absolute Gasteiger partial charge is 0.463 e. The molecule has 0 spiro atoms. The maximum absolute atomic E-state index is 11.4. The van der Waals surface area contributed by atoms with Gasteiger partial charge in [-0.15, -0.1) is 0 Å². The Labute approximate surface area is 128 Å². The predicted molar refractivity (Wildman–Crippen MR) is 81.3 cm³/mol. The molecular weight excluding hydrogens is 272 g/mol. The van der Waals surface area contributed by atoms with E-state index in [9.17, 15) is 9.59 Å². The zero-order valence-electron chi connectivity index (χ0n) is 13.5. The van der Waals surface area contributed by atoms with E-state index in [2.05, 4.69) is 6.92 Å². The minimum atomic E-state index is -0.165. The molecule has 0 amide bonds. The zero-order valence-corrected chi connectivity index (χ0v) is 13.5. The van der Waals surface area contributed by atoms with Crippen molar-refractivity contribution in [3.8, 4) is 0 Å². The van der Waals surface area contributed by atoms with E-state index >= 15 is 0 Å². The lowest BCUT2D eigenvalue weighted by Gasteiger charge is -2.06. The van der Waals surface area contributed by atoms with Gasteiger partial charge in [0.05, 0.1) is 26.4 Å². The fourth-order valence-corrected chi connectivity index (χ4v) is 1.61. The molecule has 0 atom stereocenters. The monoisotopic (exact) mass is 302 g/mol. The molecule has 0 aliphatic heterocycles. The van der Waals surface area contributed by atoms with Crippen LogP contribution < -0.4 is 0 Å². The Morgan fingerprint density at radius 2 is 1.29 bits per heavy atom.